The van der Waals surface area contributed by atoms with E-state index in [2.05, 4.69) is 10.4 Å². The van der Waals surface area contributed by atoms with Crippen LogP contribution >= 0.6 is 0 Å². The summed E-state index contributed by atoms with van der Waals surface area (Å²) in [5.74, 6) is 0.980. The van der Waals surface area contributed by atoms with Gasteiger partial charge in [-0.25, -0.2) is 0 Å². The highest BCUT2D eigenvalue weighted by Gasteiger charge is 2.33. The summed E-state index contributed by atoms with van der Waals surface area (Å²) >= 11 is 0. The van der Waals surface area contributed by atoms with E-state index < -0.39 is 0 Å². The van der Waals surface area contributed by atoms with Crippen LogP contribution < -0.4 is 10.1 Å². The van der Waals surface area contributed by atoms with Gasteiger partial charge in [-0.3, -0.25) is 14.3 Å². The van der Waals surface area contributed by atoms with Crippen molar-refractivity contribution < 1.29 is 14.3 Å². The molecule has 2 aromatic rings. The van der Waals surface area contributed by atoms with Gasteiger partial charge in [-0.2, -0.15) is 5.10 Å². The van der Waals surface area contributed by atoms with Gasteiger partial charge in [0.05, 0.1) is 24.3 Å². The van der Waals surface area contributed by atoms with Crippen LogP contribution in [0.25, 0.3) is 0 Å². The Morgan fingerprint density at radius 3 is 2.78 bits per heavy atom. The second-order valence-electron chi connectivity index (χ2n) is 9.11. The van der Waals surface area contributed by atoms with Crippen molar-refractivity contribution in [1.82, 2.24) is 20.0 Å². The monoisotopic (exact) mass is 438 g/mol. The van der Waals surface area contributed by atoms with Crippen LogP contribution in [-0.4, -0.2) is 52.2 Å². The number of piperidine rings is 1. The van der Waals surface area contributed by atoms with E-state index in [9.17, 15) is 9.59 Å². The van der Waals surface area contributed by atoms with Crippen LogP contribution in [0.2, 0.25) is 0 Å². The summed E-state index contributed by atoms with van der Waals surface area (Å²) in [6.07, 6.45) is 5.29. The summed E-state index contributed by atoms with van der Waals surface area (Å²) in [6.45, 7) is 5.95. The number of hydrogen-bond acceptors (Lipinski definition) is 4. The minimum absolute atomic E-state index is 0.0703. The predicted octanol–water partition coefficient (Wildman–Crippen LogP) is 3.18. The summed E-state index contributed by atoms with van der Waals surface area (Å²) < 4.78 is 7.71. The average molecular weight is 439 g/mol. The van der Waals surface area contributed by atoms with E-state index in [0.717, 1.165) is 49.1 Å². The lowest BCUT2D eigenvalue weighted by Crippen LogP contribution is -2.52. The highest BCUT2D eigenvalue weighted by molar-refractivity contribution is 5.97. The molecule has 172 valence electrons. The number of fused-ring (bicyclic) bond motifs is 2. The van der Waals surface area contributed by atoms with E-state index in [1.807, 2.05) is 54.7 Å². The van der Waals surface area contributed by atoms with Gasteiger partial charge in [-0.15, -0.1) is 0 Å². The lowest BCUT2D eigenvalue weighted by atomic mass is 9.87. The zero-order chi connectivity index (χ0) is 22.7. The molecule has 1 saturated heterocycles. The van der Waals surface area contributed by atoms with Gasteiger partial charge in [0.1, 0.15) is 5.75 Å². The third-order valence-electron chi connectivity index (χ3n) is 7.00. The van der Waals surface area contributed by atoms with Crippen molar-refractivity contribution in [3.63, 3.8) is 0 Å². The summed E-state index contributed by atoms with van der Waals surface area (Å²) in [4.78, 5) is 28.2. The predicted molar refractivity (Wildman–Crippen MR) is 123 cm³/mol. The lowest BCUT2D eigenvalue weighted by Gasteiger charge is -2.39. The number of likely N-dealkylation sites (tertiary alicyclic amines) is 1. The molecule has 0 saturated carbocycles. The summed E-state index contributed by atoms with van der Waals surface area (Å²) in [5, 5.41) is 7.70. The van der Waals surface area contributed by atoms with Crippen LogP contribution in [0.3, 0.4) is 0 Å². The van der Waals surface area contributed by atoms with Gasteiger partial charge < -0.3 is 15.0 Å². The molecular weight excluding hydrogens is 404 g/mol. The van der Waals surface area contributed by atoms with Crippen LogP contribution in [-0.2, 0) is 18.3 Å². The van der Waals surface area contributed by atoms with Gasteiger partial charge in [0.15, 0.2) is 0 Å². The standard InChI is InChI=1S/C25H34N4O3/c1-17-21(18(2)28(3)27-17)15-24(30)29-13-12-22-19(16-29)9-5-4-8-14-32-23-11-7-6-10-20(23)25(31)26-22/h6-7,10-11,19,22H,4-5,8-9,12-16H2,1-3H3,(H,26,31)/t19-,22+/m0/s1. The second-order valence-corrected chi connectivity index (χ2v) is 9.11. The van der Waals surface area contributed by atoms with Crippen molar-refractivity contribution in [1.29, 1.82) is 0 Å². The third-order valence-corrected chi connectivity index (χ3v) is 7.00. The molecule has 3 heterocycles. The van der Waals surface area contributed by atoms with Crippen molar-refractivity contribution in [2.45, 2.75) is 58.4 Å². The summed E-state index contributed by atoms with van der Waals surface area (Å²) in [7, 11) is 1.92. The number of carbonyl (C=O) groups excluding carboxylic acids is 2. The van der Waals surface area contributed by atoms with Gasteiger partial charge in [0, 0.05) is 37.4 Å². The van der Waals surface area contributed by atoms with Gasteiger partial charge >= 0.3 is 0 Å². The second kappa shape index (κ2) is 9.76. The first-order chi connectivity index (χ1) is 15.4. The van der Waals surface area contributed by atoms with E-state index in [1.54, 1.807) is 0 Å². The first kappa shape index (κ1) is 22.4. The normalized spacial score (nSPS) is 22.0. The summed E-state index contributed by atoms with van der Waals surface area (Å²) in [6, 6.07) is 7.52. The van der Waals surface area contributed by atoms with Crippen LogP contribution in [0.5, 0.6) is 5.75 Å². The van der Waals surface area contributed by atoms with Crippen LogP contribution in [0.1, 0.15) is 59.4 Å². The van der Waals surface area contributed by atoms with Gasteiger partial charge in [-0.05, 0) is 51.2 Å². The number of nitrogens with one attached hydrogen (secondary N) is 1. The zero-order valence-corrected chi connectivity index (χ0v) is 19.4. The third kappa shape index (κ3) is 4.81. The number of benzene rings is 1. The van der Waals surface area contributed by atoms with Crippen LogP contribution in [0, 0.1) is 19.8 Å². The quantitative estimate of drug-likeness (QED) is 0.781. The Morgan fingerprint density at radius 1 is 1.19 bits per heavy atom. The first-order valence-corrected chi connectivity index (χ1v) is 11.7. The maximum Gasteiger partial charge on any atom is 0.255 e. The fourth-order valence-corrected chi connectivity index (χ4v) is 4.97. The molecule has 2 aliphatic rings. The first-order valence-electron chi connectivity index (χ1n) is 11.7. The highest BCUT2D eigenvalue weighted by Crippen LogP contribution is 2.27. The number of aryl methyl sites for hydroxylation is 2. The number of aromatic nitrogens is 2. The number of ether oxygens (including phenoxy) is 1. The molecule has 0 aliphatic carbocycles. The molecule has 1 fully saturated rings. The van der Waals surface area contributed by atoms with Crippen molar-refractivity contribution in [3.8, 4) is 5.75 Å². The Kier molecular flexibility index (Phi) is 6.82. The fourth-order valence-electron chi connectivity index (χ4n) is 4.97. The molecular formula is C25H34N4O3. The van der Waals surface area contributed by atoms with Crippen LogP contribution in [0.15, 0.2) is 24.3 Å². The van der Waals surface area contributed by atoms with Crippen molar-refractivity contribution >= 4 is 11.8 Å². The average Bonchev–Trinajstić information content (AvgIpc) is 3.02. The largest absolute Gasteiger partial charge is 0.493 e. The molecule has 1 aromatic carbocycles. The van der Waals surface area contributed by atoms with Gasteiger partial charge in [0.2, 0.25) is 5.91 Å². The topological polar surface area (TPSA) is 76.5 Å². The smallest absolute Gasteiger partial charge is 0.255 e. The van der Waals surface area contributed by atoms with Crippen molar-refractivity contribution in [3.05, 3.63) is 46.8 Å². The molecule has 1 N–H and O–H groups in total. The van der Waals surface area contributed by atoms with Crippen molar-refractivity contribution in [2.24, 2.45) is 13.0 Å². The maximum absolute atomic E-state index is 13.1. The number of nitrogens with zero attached hydrogens (tertiary/aromatic N) is 3. The molecule has 1 aromatic heterocycles. The van der Waals surface area contributed by atoms with E-state index >= 15 is 0 Å². The van der Waals surface area contributed by atoms with Gasteiger partial charge in [-0.1, -0.05) is 25.0 Å². The Hall–Kier alpha value is -2.83. The van der Waals surface area contributed by atoms with Gasteiger partial charge in [0.25, 0.3) is 5.91 Å². The number of para-hydroxylation sites is 1. The SMILES string of the molecule is Cc1nn(C)c(C)c1CC(=O)N1CC[C@H]2NC(=O)c3ccccc3OCCCCC[C@H]2C1. The maximum atomic E-state index is 13.1. The molecule has 7 heteroatoms. The molecule has 4 rings (SSSR count). The minimum Gasteiger partial charge on any atom is -0.493 e. The minimum atomic E-state index is -0.0856. The Morgan fingerprint density at radius 2 is 2.00 bits per heavy atom. The number of carbonyl (C=O) groups is 2. The van der Waals surface area contributed by atoms with Crippen molar-refractivity contribution in [2.75, 3.05) is 19.7 Å². The fraction of sp³-hybridized carbons (Fsp3) is 0.560. The molecule has 0 bridgehead atoms. The highest BCUT2D eigenvalue weighted by atomic mass is 16.5. The molecule has 0 unspecified atom stereocenters. The molecule has 7 nitrogen and oxygen atoms in total. The number of rotatable bonds is 2. The Balaban J connectivity index is 1.47. The zero-order valence-electron chi connectivity index (χ0n) is 19.4. The molecule has 2 amide bonds. The van der Waals surface area contributed by atoms with E-state index in [4.69, 9.17) is 4.74 Å². The van der Waals surface area contributed by atoms with Crippen LogP contribution in [0.4, 0.5) is 0 Å². The Labute approximate surface area is 190 Å². The van der Waals surface area contributed by atoms with E-state index in [0.29, 0.717) is 37.4 Å². The molecule has 32 heavy (non-hydrogen) atoms. The molecule has 0 spiro atoms. The molecule has 2 atom stereocenters. The van der Waals surface area contributed by atoms with E-state index in [-0.39, 0.29) is 23.8 Å². The molecule has 0 radical (unpaired) electrons. The number of hydrogen-bond donors (Lipinski definition) is 1. The number of amides is 2. The Bertz CT molecular complexity index is 984. The van der Waals surface area contributed by atoms with E-state index in [1.165, 1.54) is 0 Å². The lowest BCUT2D eigenvalue weighted by molar-refractivity contribution is -0.132. The summed E-state index contributed by atoms with van der Waals surface area (Å²) in [5.41, 5.74) is 3.59. The molecule has 2 aliphatic heterocycles.